The molecule has 28 heavy (non-hydrogen) atoms. The Labute approximate surface area is 161 Å². The fourth-order valence-electron chi connectivity index (χ4n) is 2.30. The number of amides is 1. The molecular weight excluding hydrogens is 375 g/mol. The summed E-state index contributed by atoms with van der Waals surface area (Å²) in [6, 6.07) is 9.18. The highest BCUT2D eigenvalue weighted by molar-refractivity contribution is 5.68. The summed E-state index contributed by atoms with van der Waals surface area (Å²) in [6.07, 6.45) is -4.97. The molecule has 0 unspecified atom stereocenters. The lowest BCUT2D eigenvalue weighted by Gasteiger charge is -2.19. The molecule has 0 fully saturated rings. The van der Waals surface area contributed by atoms with Crippen molar-refractivity contribution in [3.63, 3.8) is 0 Å². The topological polar surface area (TPSA) is 67.8 Å². The Kier molecular flexibility index (Phi) is 6.43. The molecule has 2 N–H and O–H groups in total. The molecule has 0 radical (unpaired) electrons. The molecule has 2 aromatic rings. The number of nitrogens with one attached hydrogen (secondary N) is 1. The molecule has 0 heterocycles. The number of alkyl halides is 3. The van der Waals surface area contributed by atoms with Crippen LogP contribution < -0.4 is 10.1 Å². The fraction of sp³-hybridized carbons (Fsp3) is 0.350. The van der Waals surface area contributed by atoms with Crippen LogP contribution in [0.1, 0.15) is 26.3 Å². The third-order valence-electron chi connectivity index (χ3n) is 3.53. The van der Waals surface area contributed by atoms with E-state index in [2.05, 4.69) is 5.32 Å². The summed E-state index contributed by atoms with van der Waals surface area (Å²) in [5.41, 5.74) is -0.262. The van der Waals surface area contributed by atoms with E-state index in [9.17, 15) is 23.1 Å². The molecule has 152 valence electrons. The number of alkyl carbamates (subject to hydrolysis) is 1. The Morgan fingerprint density at radius 2 is 1.64 bits per heavy atom. The van der Waals surface area contributed by atoms with Crippen LogP contribution in [0.5, 0.6) is 11.5 Å². The summed E-state index contributed by atoms with van der Waals surface area (Å²) in [4.78, 5) is 11.5. The molecule has 0 aliphatic heterocycles. The van der Waals surface area contributed by atoms with E-state index in [0.717, 1.165) is 12.1 Å². The Morgan fingerprint density at radius 1 is 1.04 bits per heavy atom. The van der Waals surface area contributed by atoms with Gasteiger partial charge in [0.2, 0.25) is 0 Å². The third kappa shape index (κ3) is 6.37. The summed E-state index contributed by atoms with van der Waals surface area (Å²) < 4.78 is 48.4. The zero-order chi connectivity index (χ0) is 20.9. The van der Waals surface area contributed by atoms with Crippen LogP contribution in [0.25, 0.3) is 11.1 Å². The van der Waals surface area contributed by atoms with Gasteiger partial charge in [0.05, 0.1) is 12.1 Å². The van der Waals surface area contributed by atoms with Gasteiger partial charge in [-0.1, -0.05) is 18.2 Å². The normalized spacial score (nSPS) is 11.8. The van der Waals surface area contributed by atoms with E-state index in [1.807, 2.05) is 0 Å². The average molecular weight is 397 g/mol. The van der Waals surface area contributed by atoms with Crippen LogP contribution in [0.4, 0.5) is 18.0 Å². The largest absolute Gasteiger partial charge is 0.504 e. The Morgan fingerprint density at radius 3 is 2.18 bits per heavy atom. The van der Waals surface area contributed by atoms with Crippen LogP contribution in [-0.4, -0.2) is 30.0 Å². The van der Waals surface area contributed by atoms with Crippen molar-refractivity contribution in [2.75, 3.05) is 13.2 Å². The van der Waals surface area contributed by atoms with E-state index in [1.165, 1.54) is 24.3 Å². The lowest BCUT2D eigenvalue weighted by Crippen LogP contribution is -2.34. The molecule has 0 aliphatic carbocycles. The van der Waals surface area contributed by atoms with Crippen LogP contribution in [-0.2, 0) is 10.9 Å². The second kappa shape index (κ2) is 8.41. The highest BCUT2D eigenvalue weighted by atomic mass is 19.4. The van der Waals surface area contributed by atoms with Crippen molar-refractivity contribution in [1.82, 2.24) is 5.32 Å². The molecule has 2 aromatic carbocycles. The minimum atomic E-state index is -4.40. The molecule has 8 heteroatoms. The van der Waals surface area contributed by atoms with E-state index in [4.69, 9.17) is 9.47 Å². The highest BCUT2D eigenvalue weighted by Gasteiger charge is 2.30. The van der Waals surface area contributed by atoms with Crippen LogP contribution in [0.2, 0.25) is 0 Å². The molecule has 0 saturated heterocycles. The molecular formula is C20H22F3NO4. The Hall–Kier alpha value is -2.90. The molecule has 0 aliphatic rings. The zero-order valence-electron chi connectivity index (χ0n) is 15.8. The average Bonchev–Trinajstić information content (AvgIpc) is 2.57. The predicted octanol–water partition coefficient (Wildman–Crippen LogP) is 4.98. The number of ether oxygens (including phenoxy) is 2. The quantitative estimate of drug-likeness (QED) is 0.698. The van der Waals surface area contributed by atoms with Crippen LogP contribution in [0.3, 0.4) is 0 Å². The van der Waals surface area contributed by atoms with Gasteiger partial charge < -0.3 is 19.9 Å². The number of rotatable bonds is 5. The summed E-state index contributed by atoms with van der Waals surface area (Å²) in [6.45, 7) is 5.53. The van der Waals surface area contributed by atoms with E-state index in [0.29, 0.717) is 11.1 Å². The van der Waals surface area contributed by atoms with Crippen LogP contribution >= 0.6 is 0 Å². The van der Waals surface area contributed by atoms with Crippen molar-refractivity contribution < 1.29 is 32.5 Å². The van der Waals surface area contributed by atoms with Gasteiger partial charge in [-0.3, -0.25) is 0 Å². The Balaban J connectivity index is 1.93. The minimum Gasteiger partial charge on any atom is -0.504 e. The summed E-state index contributed by atoms with van der Waals surface area (Å²) in [5, 5.41) is 12.6. The fourth-order valence-corrected chi connectivity index (χ4v) is 2.30. The van der Waals surface area contributed by atoms with Crippen molar-refractivity contribution in [1.29, 1.82) is 0 Å². The van der Waals surface area contributed by atoms with Crippen molar-refractivity contribution in [2.24, 2.45) is 0 Å². The second-order valence-corrected chi connectivity index (χ2v) is 7.03. The maximum absolute atomic E-state index is 12.6. The number of aromatic hydroxyl groups is 1. The standard InChI is InChI=1S/C20H22F3NO4/c1-19(2,3)28-18(26)24-10-11-27-17-9-6-14(12-16(17)25)13-4-7-15(8-5-13)20(21,22)23/h4-9,12,25H,10-11H2,1-3H3,(H,24,26). The predicted molar refractivity (Wildman–Crippen MR) is 98.3 cm³/mol. The number of benzene rings is 2. The molecule has 1 amide bonds. The van der Waals surface area contributed by atoms with E-state index in [-0.39, 0.29) is 24.7 Å². The van der Waals surface area contributed by atoms with Crippen LogP contribution in [0, 0.1) is 0 Å². The third-order valence-corrected chi connectivity index (χ3v) is 3.53. The summed E-state index contributed by atoms with van der Waals surface area (Å²) in [7, 11) is 0. The minimum absolute atomic E-state index is 0.104. The number of carbonyl (C=O) groups is 1. The van der Waals surface area contributed by atoms with Gasteiger partial charge in [0, 0.05) is 0 Å². The van der Waals surface area contributed by atoms with Crippen molar-refractivity contribution in [3.8, 4) is 22.6 Å². The lowest BCUT2D eigenvalue weighted by atomic mass is 10.0. The lowest BCUT2D eigenvalue weighted by molar-refractivity contribution is -0.137. The van der Waals surface area contributed by atoms with Gasteiger partial charge in [0.15, 0.2) is 11.5 Å². The van der Waals surface area contributed by atoms with Gasteiger partial charge in [-0.15, -0.1) is 0 Å². The van der Waals surface area contributed by atoms with E-state index in [1.54, 1.807) is 26.8 Å². The van der Waals surface area contributed by atoms with E-state index >= 15 is 0 Å². The molecule has 5 nitrogen and oxygen atoms in total. The van der Waals surface area contributed by atoms with Gasteiger partial charge >= 0.3 is 12.3 Å². The Bertz CT molecular complexity index is 812. The molecule has 0 bridgehead atoms. The van der Waals surface area contributed by atoms with Crippen LogP contribution in [0.15, 0.2) is 42.5 Å². The first-order valence-corrected chi connectivity index (χ1v) is 8.56. The summed E-state index contributed by atoms with van der Waals surface area (Å²) >= 11 is 0. The first kappa shape index (κ1) is 21.4. The molecule has 2 rings (SSSR count). The monoisotopic (exact) mass is 397 g/mol. The molecule has 0 spiro atoms. The zero-order valence-corrected chi connectivity index (χ0v) is 15.8. The van der Waals surface area contributed by atoms with Crippen molar-refractivity contribution in [3.05, 3.63) is 48.0 Å². The van der Waals surface area contributed by atoms with Crippen molar-refractivity contribution in [2.45, 2.75) is 32.5 Å². The van der Waals surface area contributed by atoms with Gasteiger partial charge in [-0.05, 0) is 56.2 Å². The first-order valence-electron chi connectivity index (χ1n) is 8.56. The molecule has 0 atom stereocenters. The number of phenolic OH excluding ortho intramolecular Hbond substituents is 1. The maximum Gasteiger partial charge on any atom is 0.416 e. The van der Waals surface area contributed by atoms with Gasteiger partial charge in [-0.25, -0.2) is 4.79 Å². The number of carbonyl (C=O) groups excluding carboxylic acids is 1. The maximum atomic E-state index is 12.6. The van der Waals surface area contributed by atoms with Gasteiger partial charge in [-0.2, -0.15) is 13.2 Å². The first-order chi connectivity index (χ1) is 13.0. The molecule has 0 saturated carbocycles. The summed E-state index contributed by atoms with van der Waals surface area (Å²) in [5.74, 6) is 0.0383. The number of hydrogen-bond donors (Lipinski definition) is 2. The highest BCUT2D eigenvalue weighted by Crippen LogP contribution is 2.34. The number of halogens is 3. The van der Waals surface area contributed by atoms with Gasteiger partial charge in [0.25, 0.3) is 0 Å². The smallest absolute Gasteiger partial charge is 0.416 e. The van der Waals surface area contributed by atoms with Gasteiger partial charge in [0.1, 0.15) is 12.2 Å². The molecule has 0 aromatic heterocycles. The SMILES string of the molecule is CC(C)(C)OC(=O)NCCOc1ccc(-c2ccc(C(F)(F)F)cc2)cc1O. The van der Waals surface area contributed by atoms with Crippen molar-refractivity contribution >= 4 is 6.09 Å². The number of hydrogen-bond acceptors (Lipinski definition) is 4. The number of phenols is 1. The van der Waals surface area contributed by atoms with E-state index < -0.39 is 23.4 Å². The second-order valence-electron chi connectivity index (χ2n) is 7.03.